The second-order valence-electron chi connectivity index (χ2n) is 10.9. The molecule has 1 heterocycles. The summed E-state index contributed by atoms with van der Waals surface area (Å²) in [6.07, 6.45) is -3.84. The van der Waals surface area contributed by atoms with E-state index in [1.54, 1.807) is 20.8 Å². The monoisotopic (exact) mass is 617 g/mol. The van der Waals surface area contributed by atoms with Gasteiger partial charge in [0.2, 0.25) is 0 Å². The Morgan fingerprint density at radius 2 is 1.78 bits per heavy atom. The first-order valence-electron chi connectivity index (χ1n) is 13.2. The Labute approximate surface area is 243 Å². The lowest BCUT2D eigenvalue weighted by molar-refractivity contribution is -0.138. The van der Waals surface area contributed by atoms with Crippen LogP contribution in [0.2, 0.25) is 5.02 Å². The molecule has 0 unspecified atom stereocenters. The van der Waals surface area contributed by atoms with Gasteiger partial charge in [-0.3, -0.25) is 9.69 Å². The Balaban J connectivity index is 1.75. The van der Waals surface area contributed by atoms with Crippen molar-refractivity contribution in [1.29, 1.82) is 0 Å². The minimum Gasteiger partial charge on any atom is -0.444 e. The van der Waals surface area contributed by atoms with Crippen LogP contribution in [0.1, 0.15) is 67.6 Å². The topological polar surface area (TPSA) is 105 Å². The molecule has 13 heteroatoms. The van der Waals surface area contributed by atoms with Crippen molar-refractivity contribution in [2.24, 2.45) is 0 Å². The number of halogens is 4. The van der Waals surface area contributed by atoms with Gasteiger partial charge >= 0.3 is 12.3 Å². The van der Waals surface area contributed by atoms with E-state index in [0.29, 0.717) is 13.0 Å². The Hall–Kier alpha value is -2.83. The molecule has 8 nitrogen and oxygen atoms in total. The second kappa shape index (κ2) is 13.0. The molecule has 0 aliphatic carbocycles. The summed E-state index contributed by atoms with van der Waals surface area (Å²) in [4.78, 5) is 26.8. The van der Waals surface area contributed by atoms with Crippen LogP contribution in [-0.4, -0.2) is 55.8 Å². The summed E-state index contributed by atoms with van der Waals surface area (Å²) < 4.78 is 72.4. The number of benzene rings is 2. The number of hydrogen-bond donors (Lipinski definition) is 2. The van der Waals surface area contributed by atoms with Crippen molar-refractivity contribution in [3.63, 3.8) is 0 Å². The summed E-state index contributed by atoms with van der Waals surface area (Å²) >= 11 is 6.01. The fourth-order valence-electron chi connectivity index (χ4n) is 4.61. The van der Waals surface area contributed by atoms with Gasteiger partial charge in [0, 0.05) is 36.3 Å². The van der Waals surface area contributed by atoms with Crippen molar-refractivity contribution < 1.29 is 35.9 Å². The highest BCUT2D eigenvalue weighted by Gasteiger charge is 2.36. The van der Waals surface area contributed by atoms with E-state index in [2.05, 4.69) is 10.6 Å². The number of carbonyl (C=O) groups is 2. The van der Waals surface area contributed by atoms with Crippen molar-refractivity contribution in [3.8, 4) is 0 Å². The fourth-order valence-corrected chi connectivity index (χ4v) is 5.92. The van der Waals surface area contributed by atoms with Gasteiger partial charge in [-0.05, 0) is 81.6 Å². The van der Waals surface area contributed by atoms with E-state index < -0.39 is 39.2 Å². The van der Waals surface area contributed by atoms with Crippen LogP contribution in [0.15, 0.2) is 41.3 Å². The number of rotatable bonds is 9. The molecule has 1 saturated heterocycles. The zero-order valence-corrected chi connectivity index (χ0v) is 25.0. The van der Waals surface area contributed by atoms with Gasteiger partial charge in [0.1, 0.15) is 5.60 Å². The summed E-state index contributed by atoms with van der Waals surface area (Å²) in [5.74, 6) is -0.955. The van der Waals surface area contributed by atoms with Crippen molar-refractivity contribution in [2.75, 3.05) is 18.8 Å². The van der Waals surface area contributed by atoms with Crippen LogP contribution in [0.25, 0.3) is 0 Å². The lowest BCUT2D eigenvalue weighted by Gasteiger charge is -2.27. The first-order valence-corrected chi connectivity index (χ1v) is 15.2. The van der Waals surface area contributed by atoms with Gasteiger partial charge in [0.15, 0.2) is 9.84 Å². The Morgan fingerprint density at radius 3 is 2.41 bits per heavy atom. The predicted molar refractivity (Wildman–Crippen MR) is 149 cm³/mol. The van der Waals surface area contributed by atoms with Crippen LogP contribution in [0.5, 0.6) is 0 Å². The largest absolute Gasteiger partial charge is 0.444 e. The van der Waals surface area contributed by atoms with E-state index in [1.165, 1.54) is 37.3 Å². The molecule has 3 rings (SSSR count). The highest BCUT2D eigenvalue weighted by molar-refractivity contribution is 7.91. The van der Waals surface area contributed by atoms with Crippen LogP contribution in [0.3, 0.4) is 0 Å². The first kappa shape index (κ1) is 32.7. The molecule has 2 aromatic carbocycles. The molecule has 0 spiro atoms. The molecular weight excluding hydrogens is 583 g/mol. The Morgan fingerprint density at radius 1 is 1.07 bits per heavy atom. The summed E-state index contributed by atoms with van der Waals surface area (Å²) in [5, 5.41) is 5.46. The van der Waals surface area contributed by atoms with E-state index in [-0.39, 0.29) is 58.0 Å². The molecule has 226 valence electrons. The van der Waals surface area contributed by atoms with Gasteiger partial charge in [-0.15, -0.1) is 0 Å². The Kier molecular flexibility index (Phi) is 10.4. The lowest BCUT2D eigenvalue weighted by Crippen LogP contribution is -2.42. The van der Waals surface area contributed by atoms with Gasteiger partial charge in [-0.1, -0.05) is 24.6 Å². The molecule has 1 aliphatic heterocycles. The molecule has 0 saturated carbocycles. The average molecular weight is 618 g/mol. The van der Waals surface area contributed by atoms with Crippen molar-refractivity contribution in [2.45, 2.75) is 76.3 Å². The van der Waals surface area contributed by atoms with Crippen LogP contribution in [-0.2, 0) is 33.8 Å². The molecule has 41 heavy (non-hydrogen) atoms. The van der Waals surface area contributed by atoms with Crippen LogP contribution in [0, 0.1) is 0 Å². The third-order valence-corrected chi connectivity index (χ3v) is 8.67. The minimum absolute atomic E-state index is 0.00245. The van der Waals surface area contributed by atoms with Crippen molar-refractivity contribution in [1.82, 2.24) is 15.5 Å². The smallest absolute Gasteiger partial charge is 0.416 e. The molecule has 0 bridgehead atoms. The van der Waals surface area contributed by atoms with E-state index in [0.717, 1.165) is 12.5 Å². The third kappa shape index (κ3) is 9.08. The maximum absolute atomic E-state index is 14.1. The predicted octanol–water partition coefficient (Wildman–Crippen LogP) is 5.57. The number of nitrogens with zero attached hydrogens (tertiary/aromatic N) is 1. The van der Waals surface area contributed by atoms with Gasteiger partial charge in [-0.2, -0.15) is 13.2 Å². The number of nitrogens with one attached hydrogen (secondary N) is 2. The summed E-state index contributed by atoms with van der Waals surface area (Å²) in [6.45, 7) is 7.23. The van der Waals surface area contributed by atoms with E-state index >= 15 is 0 Å². The number of amides is 2. The first-order chi connectivity index (χ1) is 19.0. The summed E-state index contributed by atoms with van der Waals surface area (Å²) in [5.41, 5.74) is -1.58. The highest BCUT2D eigenvalue weighted by Crippen LogP contribution is 2.34. The molecule has 2 amide bonds. The fraction of sp³-hybridized carbons (Fsp3) is 0.500. The summed E-state index contributed by atoms with van der Waals surface area (Å²) in [6, 6.07) is 7.38. The van der Waals surface area contributed by atoms with E-state index in [4.69, 9.17) is 16.3 Å². The number of carbonyl (C=O) groups excluding carboxylic acids is 2. The number of likely N-dealkylation sites (tertiary alicyclic amines) is 1. The van der Waals surface area contributed by atoms with Gasteiger partial charge in [0.05, 0.1) is 16.2 Å². The second-order valence-corrected chi connectivity index (χ2v) is 13.5. The number of hydrogen-bond acceptors (Lipinski definition) is 6. The molecule has 1 fully saturated rings. The molecule has 0 radical (unpaired) electrons. The average Bonchev–Trinajstić information content (AvgIpc) is 3.31. The van der Waals surface area contributed by atoms with Gasteiger partial charge in [-0.25, -0.2) is 13.2 Å². The van der Waals surface area contributed by atoms with Crippen LogP contribution < -0.4 is 10.6 Å². The number of ether oxygens (including phenoxy) is 1. The highest BCUT2D eigenvalue weighted by atomic mass is 35.5. The molecule has 2 aromatic rings. The standard InChI is InChI=1S/C28H35ClF3N3O5S/c1-5-41(38,39)24-11-10-21(29)13-20(24)15-33-25(36)18-8-9-19(23(14-18)28(30,31)32)17-35-12-6-7-22(35)16-34-26(37)40-27(2,3)4/h8-11,13-14,22H,5-7,12,15-17H2,1-4H3,(H,33,36)(H,34,37)/t22-/m0/s1. The quantitative estimate of drug-likeness (QED) is 0.381. The summed E-state index contributed by atoms with van der Waals surface area (Å²) in [7, 11) is -3.62. The lowest BCUT2D eigenvalue weighted by atomic mass is 10.0. The number of alkyl carbamates (subject to hydrolysis) is 1. The maximum atomic E-state index is 14.1. The molecule has 0 aromatic heterocycles. The van der Waals surface area contributed by atoms with E-state index in [1.807, 2.05) is 4.90 Å². The zero-order valence-electron chi connectivity index (χ0n) is 23.4. The van der Waals surface area contributed by atoms with Gasteiger partial charge < -0.3 is 15.4 Å². The number of alkyl halides is 3. The molecular formula is C28H35ClF3N3O5S. The molecule has 1 aliphatic rings. The minimum atomic E-state index is -4.72. The molecule has 2 N–H and O–H groups in total. The van der Waals surface area contributed by atoms with Crippen LogP contribution >= 0.6 is 11.6 Å². The third-order valence-electron chi connectivity index (χ3n) is 6.61. The van der Waals surface area contributed by atoms with Crippen LogP contribution in [0.4, 0.5) is 18.0 Å². The SMILES string of the molecule is CCS(=O)(=O)c1ccc(Cl)cc1CNC(=O)c1ccc(CN2CCC[C@H]2CNC(=O)OC(C)(C)C)c(C(F)(F)F)c1. The van der Waals surface area contributed by atoms with Crippen molar-refractivity contribution in [3.05, 3.63) is 63.7 Å². The van der Waals surface area contributed by atoms with Crippen molar-refractivity contribution >= 4 is 33.4 Å². The normalized spacial score (nSPS) is 16.4. The molecule has 1 atom stereocenters. The zero-order chi connectivity index (χ0) is 30.6. The maximum Gasteiger partial charge on any atom is 0.416 e. The Bertz CT molecular complexity index is 1380. The van der Waals surface area contributed by atoms with E-state index in [9.17, 15) is 31.2 Å². The van der Waals surface area contributed by atoms with Gasteiger partial charge in [0.25, 0.3) is 5.91 Å². The number of sulfone groups is 1.